The maximum Gasteiger partial charge on any atom is 0.416 e. The molecule has 1 aliphatic rings. The summed E-state index contributed by atoms with van der Waals surface area (Å²) < 4.78 is 43.4. The molecule has 0 radical (unpaired) electrons. The standard InChI is InChI=1S/C16H19F3N2O3/c1-2-3-8-20-15(23)24-13-7-9-21(14(13)22)12-6-4-5-11(10-12)16(17,18)19/h4-6,10,13H,2-3,7-9H2,1H3,(H,20,23). The molecule has 5 nitrogen and oxygen atoms in total. The summed E-state index contributed by atoms with van der Waals surface area (Å²) in [5.41, 5.74) is -0.679. The second-order valence-corrected chi connectivity index (χ2v) is 5.50. The maximum atomic E-state index is 12.8. The van der Waals surface area contributed by atoms with E-state index >= 15 is 0 Å². The highest BCUT2D eigenvalue weighted by Gasteiger charge is 2.37. The summed E-state index contributed by atoms with van der Waals surface area (Å²) in [4.78, 5) is 25.1. The van der Waals surface area contributed by atoms with Crippen molar-refractivity contribution in [3.8, 4) is 0 Å². The highest BCUT2D eigenvalue weighted by molar-refractivity contribution is 5.99. The lowest BCUT2D eigenvalue weighted by molar-refractivity contribution is -0.137. The predicted octanol–water partition coefficient (Wildman–Crippen LogP) is 3.34. The van der Waals surface area contributed by atoms with Crippen LogP contribution in [0, 0.1) is 0 Å². The Hall–Kier alpha value is -2.25. The van der Waals surface area contributed by atoms with Crippen LogP contribution in [0.15, 0.2) is 24.3 Å². The fraction of sp³-hybridized carbons (Fsp3) is 0.500. The Labute approximate surface area is 137 Å². The van der Waals surface area contributed by atoms with Gasteiger partial charge in [0.25, 0.3) is 5.91 Å². The lowest BCUT2D eigenvalue weighted by Gasteiger charge is -2.18. The number of unbranched alkanes of at least 4 members (excludes halogenated alkanes) is 1. The largest absolute Gasteiger partial charge is 0.436 e. The topological polar surface area (TPSA) is 58.6 Å². The fourth-order valence-corrected chi connectivity index (χ4v) is 2.41. The van der Waals surface area contributed by atoms with E-state index in [1.54, 1.807) is 0 Å². The molecule has 1 aliphatic heterocycles. The molecule has 1 aromatic carbocycles. The van der Waals surface area contributed by atoms with Gasteiger partial charge in [-0.15, -0.1) is 0 Å². The van der Waals surface area contributed by atoms with Crippen molar-refractivity contribution in [1.82, 2.24) is 5.32 Å². The normalized spacial score (nSPS) is 17.9. The monoisotopic (exact) mass is 344 g/mol. The number of hydrogen-bond acceptors (Lipinski definition) is 3. The second kappa shape index (κ2) is 7.55. The first-order valence-electron chi connectivity index (χ1n) is 7.76. The molecule has 0 aliphatic carbocycles. The molecule has 1 saturated heterocycles. The molecule has 0 bridgehead atoms. The third-order valence-electron chi connectivity index (χ3n) is 3.69. The predicted molar refractivity (Wildman–Crippen MR) is 81.6 cm³/mol. The number of carbonyl (C=O) groups excluding carboxylic acids is 2. The maximum absolute atomic E-state index is 12.8. The number of amides is 2. The van der Waals surface area contributed by atoms with Gasteiger partial charge in [-0.25, -0.2) is 4.79 Å². The number of alkyl carbamates (subject to hydrolysis) is 1. The van der Waals surface area contributed by atoms with Crippen LogP contribution in [0.3, 0.4) is 0 Å². The minimum Gasteiger partial charge on any atom is -0.436 e. The van der Waals surface area contributed by atoms with E-state index in [9.17, 15) is 22.8 Å². The molecule has 132 valence electrons. The Morgan fingerprint density at radius 1 is 1.42 bits per heavy atom. The van der Waals surface area contributed by atoms with Gasteiger partial charge in [-0.05, 0) is 24.6 Å². The molecule has 2 rings (SSSR count). The van der Waals surface area contributed by atoms with Gasteiger partial charge in [0.1, 0.15) is 0 Å². The van der Waals surface area contributed by atoms with Crippen molar-refractivity contribution in [2.75, 3.05) is 18.0 Å². The van der Waals surface area contributed by atoms with E-state index < -0.39 is 29.8 Å². The van der Waals surface area contributed by atoms with Crippen LogP contribution in [0.25, 0.3) is 0 Å². The van der Waals surface area contributed by atoms with E-state index in [-0.39, 0.29) is 18.7 Å². The number of halogens is 3. The van der Waals surface area contributed by atoms with Crippen LogP contribution in [-0.2, 0) is 15.7 Å². The Kier molecular flexibility index (Phi) is 5.69. The average molecular weight is 344 g/mol. The van der Waals surface area contributed by atoms with Crippen LogP contribution >= 0.6 is 0 Å². The molecular formula is C16H19F3N2O3. The molecule has 0 spiro atoms. The summed E-state index contributed by atoms with van der Waals surface area (Å²) in [6.07, 6.45) is -4.19. The van der Waals surface area contributed by atoms with Crippen molar-refractivity contribution in [2.45, 2.75) is 38.5 Å². The van der Waals surface area contributed by atoms with Crippen LogP contribution in [0.5, 0.6) is 0 Å². The third-order valence-corrected chi connectivity index (χ3v) is 3.69. The van der Waals surface area contributed by atoms with E-state index in [4.69, 9.17) is 4.74 Å². The van der Waals surface area contributed by atoms with Crippen molar-refractivity contribution in [3.05, 3.63) is 29.8 Å². The molecule has 1 aromatic rings. The number of benzene rings is 1. The number of nitrogens with zero attached hydrogens (tertiary/aromatic N) is 1. The van der Waals surface area contributed by atoms with Gasteiger partial charge in [-0.2, -0.15) is 13.2 Å². The van der Waals surface area contributed by atoms with Crippen molar-refractivity contribution >= 4 is 17.7 Å². The van der Waals surface area contributed by atoms with E-state index in [0.29, 0.717) is 6.54 Å². The Morgan fingerprint density at radius 3 is 2.83 bits per heavy atom. The van der Waals surface area contributed by atoms with Gasteiger partial charge >= 0.3 is 12.3 Å². The molecule has 2 amide bonds. The van der Waals surface area contributed by atoms with E-state index in [2.05, 4.69) is 5.32 Å². The molecule has 1 fully saturated rings. The molecule has 1 unspecified atom stereocenters. The average Bonchev–Trinajstić information content (AvgIpc) is 2.88. The lowest BCUT2D eigenvalue weighted by Crippen LogP contribution is -2.35. The molecule has 1 atom stereocenters. The van der Waals surface area contributed by atoms with Crippen molar-refractivity contribution in [1.29, 1.82) is 0 Å². The van der Waals surface area contributed by atoms with E-state index in [0.717, 1.165) is 25.0 Å². The van der Waals surface area contributed by atoms with Gasteiger partial charge in [0.05, 0.1) is 5.56 Å². The third kappa shape index (κ3) is 4.39. The smallest absolute Gasteiger partial charge is 0.416 e. The minimum atomic E-state index is -4.48. The highest BCUT2D eigenvalue weighted by Crippen LogP contribution is 2.33. The second-order valence-electron chi connectivity index (χ2n) is 5.50. The molecule has 8 heteroatoms. The summed E-state index contributed by atoms with van der Waals surface area (Å²) in [7, 11) is 0. The SMILES string of the molecule is CCCCNC(=O)OC1CCN(c2cccc(C(F)(F)F)c2)C1=O. The Morgan fingerprint density at radius 2 is 2.17 bits per heavy atom. The Balaban J connectivity index is 2.00. The number of rotatable bonds is 5. The van der Waals surface area contributed by atoms with Crippen molar-refractivity contribution in [3.63, 3.8) is 0 Å². The quantitative estimate of drug-likeness (QED) is 0.834. The van der Waals surface area contributed by atoms with Crippen LogP contribution < -0.4 is 10.2 Å². The summed E-state index contributed by atoms with van der Waals surface area (Å²) in [6, 6.07) is 4.54. The summed E-state index contributed by atoms with van der Waals surface area (Å²) in [5.74, 6) is -0.514. The number of carbonyl (C=O) groups is 2. The van der Waals surface area contributed by atoms with Crippen molar-refractivity contribution in [2.24, 2.45) is 0 Å². The number of nitrogens with one attached hydrogen (secondary N) is 1. The van der Waals surface area contributed by atoms with Crippen LogP contribution in [0.2, 0.25) is 0 Å². The molecule has 0 saturated carbocycles. The van der Waals surface area contributed by atoms with Gasteiger partial charge in [-0.3, -0.25) is 4.79 Å². The first-order valence-corrected chi connectivity index (χ1v) is 7.76. The zero-order chi connectivity index (χ0) is 17.7. The first-order chi connectivity index (χ1) is 11.3. The van der Waals surface area contributed by atoms with Crippen LogP contribution in [0.1, 0.15) is 31.7 Å². The molecule has 0 aromatic heterocycles. The fourth-order valence-electron chi connectivity index (χ4n) is 2.41. The number of anilines is 1. The molecular weight excluding hydrogens is 325 g/mol. The number of ether oxygens (including phenoxy) is 1. The van der Waals surface area contributed by atoms with Gasteiger partial charge in [0.15, 0.2) is 6.10 Å². The molecule has 1 N–H and O–H groups in total. The molecule has 1 heterocycles. The van der Waals surface area contributed by atoms with Crippen molar-refractivity contribution < 1.29 is 27.5 Å². The van der Waals surface area contributed by atoms with Gasteiger partial charge < -0.3 is 15.0 Å². The van der Waals surface area contributed by atoms with E-state index in [1.807, 2.05) is 6.92 Å². The summed E-state index contributed by atoms with van der Waals surface area (Å²) in [5, 5.41) is 2.53. The van der Waals surface area contributed by atoms with Gasteiger partial charge in [0, 0.05) is 25.2 Å². The lowest BCUT2D eigenvalue weighted by atomic mass is 10.2. The van der Waals surface area contributed by atoms with Gasteiger partial charge in [-0.1, -0.05) is 19.4 Å². The summed E-state index contributed by atoms with van der Waals surface area (Å²) >= 11 is 0. The molecule has 24 heavy (non-hydrogen) atoms. The zero-order valence-corrected chi connectivity index (χ0v) is 13.2. The van der Waals surface area contributed by atoms with Crippen LogP contribution in [0.4, 0.5) is 23.7 Å². The summed E-state index contributed by atoms with van der Waals surface area (Å²) in [6.45, 7) is 2.63. The minimum absolute atomic E-state index is 0.146. The number of alkyl halides is 3. The highest BCUT2D eigenvalue weighted by atomic mass is 19.4. The first kappa shape index (κ1) is 18.1. The van der Waals surface area contributed by atoms with Gasteiger partial charge in [0.2, 0.25) is 0 Å². The van der Waals surface area contributed by atoms with E-state index in [1.165, 1.54) is 17.0 Å². The number of hydrogen-bond donors (Lipinski definition) is 1. The zero-order valence-electron chi connectivity index (χ0n) is 13.2. The van der Waals surface area contributed by atoms with Crippen LogP contribution in [-0.4, -0.2) is 31.2 Å². The Bertz CT molecular complexity index is 604.